The van der Waals surface area contributed by atoms with Gasteiger partial charge in [0.05, 0.1) is 11.5 Å². The van der Waals surface area contributed by atoms with Gasteiger partial charge in [0.2, 0.25) is 0 Å². The first kappa shape index (κ1) is 18.8. The summed E-state index contributed by atoms with van der Waals surface area (Å²) >= 11 is 0. The molecule has 0 radical (unpaired) electrons. The third-order valence-corrected chi connectivity index (χ3v) is 5.63. The summed E-state index contributed by atoms with van der Waals surface area (Å²) in [5.41, 5.74) is 2.55. The Morgan fingerprint density at radius 3 is 2.71 bits per heavy atom. The van der Waals surface area contributed by atoms with E-state index in [-0.39, 0.29) is 24.8 Å². The lowest BCUT2D eigenvalue weighted by Crippen LogP contribution is -2.34. The molecule has 1 N–H and O–H groups in total. The van der Waals surface area contributed by atoms with Crippen molar-refractivity contribution in [2.75, 3.05) is 16.8 Å². The molecule has 7 heteroatoms. The Labute approximate surface area is 161 Å². The van der Waals surface area contributed by atoms with Crippen LogP contribution in [0.3, 0.4) is 0 Å². The second-order valence-electron chi connectivity index (χ2n) is 7.51. The molecule has 28 heavy (non-hydrogen) atoms. The third-order valence-electron chi connectivity index (χ3n) is 5.63. The lowest BCUT2D eigenvalue weighted by Gasteiger charge is -2.31. The van der Waals surface area contributed by atoms with Crippen molar-refractivity contribution in [2.45, 2.75) is 44.3 Å². The number of rotatable bonds is 3. The third kappa shape index (κ3) is 3.84. The van der Waals surface area contributed by atoms with Crippen molar-refractivity contribution >= 4 is 17.4 Å². The van der Waals surface area contributed by atoms with Gasteiger partial charge in [-0.25, -0.2) is 4.98 Å². The van der Waals surface area contributed by atoms with Crippen molar-refractivity contribution in [1.29, 1.82) is 0 Å². The first-order valence-electron chi connectivity index (χ1n) is 9.61. The Morgan fingerprint density at radius 1 is 1.14 bits per heavy atom. The number of alkyl halides is 3. The summed E-state index contributed by atoms with van der Waals surface area (Å²) in [5, 5.41) is 3.10. The summed E-state index contributed by atoms with van der Waals surface area (Å²) in [5.74, 6) is -0.861. The number of carbonyl (C=O) groups is 1. The minimum absolute atomic E-state index is 0.0659. The number of carbonyl (C=O) groups excluding carboxylic acids is 1. The molecule has 2 heterocycles. The zero-order chi connectivity index (χ0) is 19.7. The summed E-state index contributed by atoms with van der Waals surface area (Å²) < 4.78 is 38.9. The highest BCUT2D eigenvalue weighted by molar-refractivity contribution is 6.07. The minimum Gasteiger partial charge on any atom is -0.367 e. The number of nitrogens with one attached hydrogen (secondary N) is 1. The number of nitrogens with zero attached hydrogens (tertiary/aromatic N) is 2. The van der Waals surface area contributed by atoms with Crippen molar-refractivity contribution in [3.8, 4) is 0 Å². The molecule has 2 aromatic rings. The fraction of sp³-hybridized carbons (Fsp3) is 0.429. The second kappa shape index (κ2) is 7.45. The average molecular weight is 389 g/mol. The van der Waals surface area contributed by atoms with Crippen LogP contribution in [0.5, 0.6) is 0 Å². The zero-order valence-electron chi connectivity index (χ0n) is 15.4. The first-order valence-corrected chi connectivity index (χ1v) is 9.61. The highest BCUT2D eigenvalue weighted by Gasteiger charge is 2.42. The summed E-state index contributed by atoms with van der Waals surface area (Å²) in [6, 6.07) is 10.9. The Hall–Kier alpha value is -2.57. The molecule has 4 nitrogen and oxygen atoms in total. The number of aromatic nitrogens is 1. The number of para-hydroxylation sites is 1. The van der Waals surface area contributed by atoms with Crippen LogP contribution in [0.2, 0.25) is 0 Å². The molecule has 148 valence electrons. The predicted octanol–water partition coefficient (Wildman–Crippen LogP) is 4.82. The number of hydrogen-bond acceptors (Lipinski definition) is 3. The van der Waals surface area contributed by atoms with Gasteiger partial charge in [-0.05, 0) is 49.4 Å². The van der Waals surface area contributed by atoms with Gasteiger partial charge in [0, 0.05) is 24.5 Å². The molecular weight excluding hydrogens is 367 g/mol. The average Bonchev–Trinajstić information content (AvgIpc) is 3.12. The molecule has 2 aliphatic rings. The molecule has 4 rings (SSSR count). The van der Waals surface area contributed by atoms with Crippen LogP contribution in [0.25, 0.3) is 0 Å². The van der Waals surface area contributed by atoms with Crippen molar-refractivity contribution < 1.29 is 18.0 Å². The van der Waals surface area contributed by atoms with E-state index in [9.17, 15) is 18.0 Å². The maximum Gasteiger partial charge on any atom is 0.391 e. The van der Waals surface area contributed by atoms with Gasteiger partial charge in [-0.1, -0.05) is 24.6 Å². The van der Waals surface area contributed by atoms with Gasteiger partial charge in [0.15, 0.2) is 0 Å². The van der Waals surface area contributed by atoms with Crippen LogP contribution in [-0.2, 0) is 6.42 Å². The van der Waals surface area contributed by atoms with Crippen molar-refractivity contribution in [2.24, 2.45) is 5.92 Å². The number of fused-ring (bicyclic) bond motifs is 1. The van der Waals surface area contributed by atoms with E-state index >= 15 is 0 Å². The van der Waals surface area contributed by atoms with Gasteiger partial charge >= 0.3 is 6.18 Å². The van der Waals surface area contributed by atoms with E-state index in [1.54, 1.807) is 17.0 Å². The number of anilines is 2. The second-order valence-corrected chi connectivity index (χ2v) is 7.51. The van der Waals surface area contributed by atoms with Gasteiger partial charge in [-0.2, -0.15) is 13.2 Å². The van der Waals surface area contributed by atoms with Crippen LogP contribution >= 0.6 is 0 Å². The molecule has 2 unspecified atom stereocenters. The molecule has 0 bridgehead atoms. The minimum atomic E-state index is -4.14. The first-order chi connectivity index (χ1) is 13.4. The molecule has 1 aromatic heterocycles. The molecule has 0 spiro atoms. The molecule has 1 amide bonds. The highest BCUT2D eigenvalue weighted by Crippen LogP contribution is 2.38. The topological polar surface area (TPSA) is 45.2 Å². The smallest absolute Gasteiger partial charge is 0.367 e. The van der Waals surface area contributed by atoms with Crippen molar-refractivity contribution in [1.82, 2.24) is 4.98 Å². The van der Waals surface area contributed by atoms with E-state index < -0.39 is 12.1 Å². The van der Waals surface area contributed by atoms with Crippen LogP contribution in [0.15, 0.2) is 42.6 Å². The van der Waals surface area contributed by atoms with Crippen LogP contribution in [-0.4, -0.2) is 29.7 Å². The lowest BCUT2D eigenvalue weighted by molar-refractivity contribution is -0.182. The van der Waals surface area contributed by atoms with E-state index in [4.69, 9.17) is 0 Å². The highest BCUT2D eigenvalue weighted by atomic mass is 19.4. The Balaban J connectivity index is 1.41. The predicted molar refractivity (Wildman–Crippen MR) is 101 cm³/mol. The fourth-order valence-electron chi connectivity index (χ4n) is 4.14. The van der Waals surface area contributed by atoms with Gasteiger partial charge in [-0.3, -0.25) is 4.79 Å². The van der Waals surface area contributed by atoms with E-state index in [1.807, 2.05) is 24.3 Å². The summed E-state index contributed by atoms with van der Waals surface area (Å²) in [6.07, 6.45) is -0.314. The molecule has 1 aliphatic heterocycles. The van der Waals surface area contributed by atoms with Crippen molar-refractivity contribution in [3.63, 3.8) is 0 Å². The molecule has 1 aromatic carbocycles. The van der Waals surface area contributed by atoms with Crippen molar-refractivity contribution in [3.05, 3.63) is 53.7 Å². The summed E-state index contributed by atoms with van der Waals surface area (Å²) in [7, 11) is 0. The van der Waals surface area contributed by atoms with Gasteiger partial charge < -0.3 is 10.2 Å². The van der Waals surface area contributed by atoms with Crippen LogP contribution in [0.4, 0.5) is 24.7 Å². The molecule has 2 atom stereocenters. The van der Waals surface area contributed by atoms with Crippen LogP contribution in [0.1, 0.15) is 41.6 Å². The number of amides is 1. The molecule has 0 saturated heterocycles. The maximum atomic E-state index is 13.0. The summed E-state index contributed by atoms with van der Waals surface area (Å²) in [4.78, 5) is 18.8. The normalized spacial score (nSPS) is 22.0. The van der Waals surface area contributed by atoms with Gasteiger partial charge in [0.25, 0.3) is 5.91 Å². The van der Waals surface area contributed by atoms with E-state index in [0.717, 1.165) is 17.7 Å². The van der Waals surface area contributed by atoms with Crippen LogP contribution < -0.4 is 10.2 Å². The fourth-order valence-corrected chi connectivity index (χ4v) is 4.14. The number of halogens is 3. The zero-order valence-corrected chi connectivity index (χ0v) is 15.4. The Kier molecular flexibility index (Phi) is 5.00. The summed E-state index contributed by atoms with van der Waals surface area (Å²) in [6.45, 7) is 0.638. The monoisotopic (exact) mass is 389 g/mol. The molecule has 1 aliphatic carbocycles. The molecule has 1 saturated carbocycles. The SMILES string of the molecule is O=C(c1ccc(NC2CCCC(C(F)(F)F)C2)nc1)N1CCc2ccccc21. The number of pyridine rings is 1. The number of benzene rings is 1. The van der Waals surface area contributed by atoms with Gasteiger partial charge in [0.1, 0.15) is 5.82 Å². The molecular formula is C21H22F3N3O. The standard InChI is InChI=1S/C21H22F3N3O/c22-21(23,24)16-5-3-6-17(12-16)26-19-9-8-15(13-25-19)20(28)27-11-10-14-4-1-2-7-18(14)27/h1-2,4,7-9,13,16-17H,3,5-6,10-12H2,(H,25,26). The van der Waals surface area contributed by atoms with E-state index in [0.29, 0.717) is 30.8 Å². The van der Waals surface area contributed by atoms with E-state index in [2.05, 4.69) is 10.3 Å². The number of hydrogen-bond donors (Lipinski definition) is 1. The Bertz CT molecular complexity index is 851. The van der Waals surface area contributed by atoms with E-state index in [1.165, 1.54) is 6.20 Å². The molecule has 1 fully saturated rings. The van der Waals surface area contributed by atoms with Crippen LogP contribution in [0, 0.1) is 5.92 Å². The lowest BCUT2D eigenvalue weighted by atomic mass is 9.85. The Morgan fingerprint density at radius 2 is 1.96 bits per heavy atom. The quantitative estimate of drug-likeness (QED) is 0.819. The maximum absolute atomic E-state index is 13.0. The largest absolute Gasteiger partial charge is 0.391 e. The van der Waals surface area contributed by atoms with Gasteiger partial charge in [-0.15, -0.1) is 0 Å².